The van der Waals surface area contributed by atoms with Gasteiger partial charge >= 0.3 is 0 Å². The average molecular weight is 300 g/mol. The Kier molecular flexibility index (Phi) is 4.08. The summed E-state index contributed by atoms with van der Waals surface area (Å²) in [6, 6.07) is 3.93. The van der Waals surface area contributed by atoms with Crippen LogP contribution in [0.3, 0.4) is 0 Å². The Morgan fingerprint density at radius 1 is 1.29 bits per heavy atom. The minimum atomic E-state index is -0.193. The van der Waals surface area contributed by atoms with E-state index in [1.165, 1.54) is 25.7 Å². The Morgan fingerprint density at radius 2 is 2.00 bits per heavy atom. The van der Waals surface area contributed by atoms with Gasteiger partial charge in [-0.05, 0) is 59.3 Å². The van der Waals surface area contributed by atoms with E-state index in [2.05, 4.69) is 28.2 Å². The molecule has 0 amide bonds. The molecule has 2 unspecified atom stereocenters. The van der Waals surface area contributed by atoms with E-state index >= 15 is 0 Å². The maximum Gasteiger partial charge on any atom is 0.139 e. The zero-order valence-electron chi connectivity index (χ0n) is 10.4. The Hall–Kier alpha value is -0.570. The Labute approximate surface area is 111 Å². The number of anilines is 1. The van der Waals surface area contributed by atoms with Crippen LogP contribution in [0.15, 0.2) is 16.6 Å². The first-order valence-electron chi connectivity index (χ1n) is 6.30. The van der Waals surface area contributed by atoms with E-state index in [0.717, 1.165) is 11.3 Å². The smallest absolute Gasteiger partial charge is 0.139 e. The fraction of sp³-hybridized carbons (Fsp3) is 0.571. The summed E-state index contributed by atoms with van der Waals surface area (Å²) in [7, 11) is 0. The van der Waals surface area contributed by atoms with Crippen molar-refractivity contribution in [3.8, 4) is 0 Å². The van der Waals surface area contributed by atoms with E-state index in [4.69, 9.17) is 0 Å². The first-order valence-corrected chi connectivity index (χ1v) is 7.09. The summed E-state index contributed by atoms with van der Waals surface area (Å²) in [6.07, 6.45) is 5.07. The van der Waals surface area contributed by atoms with Gasteiger partial charge in [0.05, 0.1) is 4.47 Å². The van der Waals surface area contributed by atoms with Crippen LogP contribution < -0.4 is 5.32 Å². The number of benzene rings is 1. The van der Waals surface area contributed by atoms with Crippen LogP contribution in [-0.4, -0.2) is 6.04 Å². The summed E-state index contributed by atoms with van der Waals surface area (Å²) in [6.45, 7) is 4.29. The molecule has 17 heavy (non-hydrogen) atoms. The number of aryl methyl sites for hydroxylation is 1. The van der Waals surface area contributed by atoms with Gasteiger partial charge in [-0.2, -0.15) is 0 Å². The SMILES string of the molecule is Cc1cc(Br)c(F)cc1NC1CCCCC1C. The molecule has 0 bridgehead atoms. The van der Waals surface area contributed by atoms with Crippen molar-refractivity contribution in [2.75, 3.05) is 5.32 Å². The highest BCUT2D eigenvalue weighted by molar-refractivity contribution is 9.10. The van der Waals surface area contributed by atoms with Gasteiger partial charge in [0.2, 0.25) is 0 Å². The van der Waals surface area contributed by atoms with Gasteiger partial charge in [0.1, 0.15) is 5.82 Å². The van der Waals surface area contributed by atoms with Crippen molar-refractivity contribution in [3.63, 3.8) is 0 Å². The van der Waals surface area contributed by atoms with Crippen LogP contribution in [0.4, 0.5) is 10.1 Å². The number of hydrogen-bond acceptors (Lipinski definition) is 1. The quantitative estimate of drug-likeness (QED) is 0.820. The van der Waals surface area contributed by atoms with Gasteiger partial charge in [-0.1, -0.05) is 19.8 Å². The second-order valence-corrected chi connectivity index (χ2v) is 5.95. The van der Waals surface area contributed by atoms with E-state index < -0.39 is 0 Å². The van der Waals surface area contributed by atoms with Gasteiger partial charge in [-0.15, -0.1) is 0 Å². The lowest BCUT2D eigenvalue weighted by Gasteiger charge is -2.31. The van der Waals surface area contributed by atoms with E-state index in [1.807, 2.05) is 13.0 Å². The summed E-state index contributed by atoms with van der Waals surface area (Å²) < 4.78 is 14.1. The number of hydrogen-bond donors (Lipinski definition) is 1. The molecule has 0 radical (unpaired) electrons. The minimum absolute atomic E-state index is 0.193. The highest BCUT2D eigenvalue weighted by Crippen LogP contribution is 2.30. The molecule has 3 heteroatoms. The normalized spacial score (nSPS) is 24.7. The van der Waals surface area contributed by atoms with Crippen LogP contribution in [0.1, 0.15) is 38.2 Å². The van der Waals surface area contributed by atoms with Crippen LogP contribution in [0.5, 0.6) is 0 Å². The molecule has 0 heterocycles. The fourth-order valence-corrected chi connectivity index (χ4v) is 2.99. The molecular weight excluding hydrogens is 281 g/mol. The van der Waals surface area contributed by atoms with E-state index in [-0.39, 0.29) is 5.82 Å². The number of nitrogens with one attached hydrogen (secondary N) is 1. The maximum absolute atomic E-state index is 13.5. The Balaban J connectivity index is 2.15. The first-order chi connectivity index (χ1) is 8.08. The number of rotatable bonds is 2. The van der Waals surface area contributed by atoms with Crippen molar-refractivity contribution in [3.05, 3.63) is 28.0 Å². The van der Waals surface area contributed by atoms with Crippen LogP contribution in [0.2, 0.25) is 0 Å². The monoisotopic (exact) mass is 299 g/mol. The lowest BCUT2D eigenvalue weighted by atomic mass is 9.85. The van der Waals surface area contributed by atoms with E-state index in [9.17, 15) is 4.39 Å². The predicted molar refractivity (Wildman–Crippen MR) is 73.9 cm³/mol. The van der Waals surface area contributed by atoms with Crippen LogP contribution >= 0.6 is 15.9 Å². The molecule has 0 saturated heterocycles. The zero-order chi connectivity index (χ0) is 12.4. The van der Waals surface area contributed by atoms with Crippen LogP contribution in [0.25, 0.3) is 0 Å². The third-order valence-electron chi connectivity index (χ3n) is 3.72. The van der Waals surface area contributed by atoms with E-state index in [0.29, 0.717) is 16.4 Å². The lowest BCUT2D eigenvalue weighted by molar-refractivity contribution is 0.349. The van der Waals surface area contributed by atoms with Crippen LogP contribution in [-0.2, 0) is 0 Å². The van der Waals surface area contributed by atoms with Crippen molar-refractivity contribution >= 4 is 21.6 Å². The third kappa shape index (κ3) is 3.01. The molecule has 0 spiro atoms. The summed E-state index contributed by atoms with van der Waals surface area (Å²) in [4.78, 5) is 0. The molecule has 2 atom stereocenters. The largest absolute Gasteiger partial charge is 0.382 e. The fourth-order valence-electron chi connectivity index (χ4n) is 2.53. The topological polar surface area (TPSA) is 12.0 Å². The van der Waals surface area contributed by atoms with Gasteiger partial charge in [0, 0.05) is 11.7 Å². The Morgan fingerprint density at radius 3 is 2.71 bits per heavy atom. The van der Waals surface area contributed by atoms with Gasteiger partial charge in [-0.25, -0.2) is 4.39 Å². The molecule has 1 aliphatic rings. The molecule has 94 valence electrons. The predicted octanol–water partition coefficient (Wildman–Crippen LogP) is 4.89. The molecule has 1 fully saturated rings. The maximum atomic E-state index is 13.5. The molecule has 1 N–H and O–H groups in total. The standard InChI is InChI=1S/C14H19BrFN/c1-9-5-3-4-6-13(9)17-14-8-12(16)11(15)7-10(14)2/h7-9,13,17H,3-6H2,1-2H3. The second-order valence-electron chi connectivity index (χ2n) is 5.09. The van der Waals surface area contributed by atoms with Crippen molar-refractivity contribution in [1.82, 2.24) is 0 Å². The minimum Gasteiger partial charge on any atom is -0.382 e. The Bertz CT molecular complexity index is 405. The van der Waals surface area contributed by atoms with Gasteiger partial charge in [0.25, 0.3) is 0 Å². The van der Waals surface area contributed by atoms with Crippen LogP contribution in [0, 0.1) is 18.7 Å². The third-order valence-corrected chi connectivity index (χ3v) is 4.33. The molecule has 1 aliphatic carbocycles. The lowest BCUT2D eigenvalue weighted by Crippen LogP contribution is -2.30. The second kappa shape index (κ2) is 5.38. The number of halogens is 2. The van der Waals surface area contributed by atoms with Crippen molar-refractivity contribution in [2.24, 2.45) is 5.92 Å². The van der Waals surface area contributed by atoms with E-state index in [1.54, 1.807) is 6.07 Å². The summed E-state index contributed by atoms with van der Waals surface area (Å²) in [5, 5.41) is 3.51. The van der Waals surface area contributed by atoms with Crippen molar-refractivity contribution in [1.29, 1.82) is 0 Å². The highest BCUT2D eigenvalue weighted by atomic mass is 79.9. The molecule has 1 nitrogen and oxygen atoms in total. The molecule has 0 aliphatic heterocycles. The molecule has 2 rings (SSSR count). The molecule has 1 aromatic rings. The zero-order valence-corrected chi connectivity index (χ0v) is 12.0. The average Bonchev–Trinajstić information content (AvgIpc) is 2.29. The molecular formula is C14H19BrFN. The van der Waals surface area contributed by atoms with Gasteiger partial charge in [-0.3, -0.25) is 0 Å². The summed E-state index contributed by atoms with van der Waals surface area (Å²) in [5.74, 6) is 0.483. The summed E-state index contributed by atoms with van der Waals surface area (Å²) in [5.41, 5.74) is 2.03. The van der Waals surface area contributed by atoms with Crippen molar-refractivity contribution in [2.45, 2.75) is 45.6 Å². The van der Waals surface area contributed by atoms with Gasteiger partial charge in [0.15, 0.2) is 0 Å². The molecule has 0 aromatic heterocycles. The van der Waals surface area contributed by atoms with Gasteiger partial charge < -0.3 is 5.32 Å². The highest BCUT2D eigenvalue weighted by Gasteiger charge is 2.21. The molecule has 1 aromatic carbocycles. The first kappa shape index (κ1) is 12.9. The summed E-state index contributed by atoms with van der Waals surface area (Å²) >= 11 is 3.21. The van der Waals surface area contributed by atoms with Crippen molar-refractivity contribution < 1.29 is 4.39 Å². The molecule has 1 saturated carbocycles.